The summed E-state index contributed by atoms with van der Waals surface area (Å²) in [4.78, 5) is 14.8. The maximum atomic E-state index is 11.4. The highest BCUT2D eigenvalue weighted by Gasteiger charge is 2.20. The lowest BCUT2D eigenvalue weighted by Crippen LogP contribution is -2.29. The van der Waals surface area contributed by atoms with Crippen molar-refractivity contribution in [3.05, 3.63) is 40.6 Å². The maximum Gasteiger partial charge on any atom is 0.295 e. The van der Waals surface area contributed by atoms with Crippen molar-refractivity contribution in [1.82, 2.24) is 4.98 Å². The van der Waals surface area contributed by atoms with Gasteiger partial charge < -0.3 is 5.32 Å². The number of rotatable bonds is 3. The van der Waals surface area contributed by atoms with Gasteiger partial charge in [0.05, 0.1) is 4.92 Å². The fraction of sp³-hybridized carbons (Fsp3) is 0.357. The Morgan fingerprint density at radius 3 is 2.76 bits per heavy atom. The standard InChI is InChI=1S/C14H15N3O3S/c18-17(19)13-4-3-12(11-2-1-7-15-14(11)13)16-10-5-8-21(20)9-6-10/h1-4,7,10,16H,5-6,8-9H2. The number of benzene rings is 1. The van der Waals surface area contributed by atoms with Crippen molar-refractivity contribution in [3.8, 4) is 0 Å². The highest BCUT2D eigenvalue weighted by Crippen LogP contribution is 2.30. The monoisotopic (exact) mass is 305 g/mol. The van der Waals surface area contributed by atoms with E-state index in [1.807, 2.05) is 6.07 Å². The number of non-ortho nitro benzene ring substituents is 1. The van der Waals surface area contributed by atoms with E-state index in [0.29, 0.717) is 17.0 Å². The second-order valence-electron chi connectivity index (χ2n) is 5.06. The first-order valence-corrected chi connectivity index (χ1v) is 8.27. The first-order chi connectivity index (χ1) is 10.1. The Bertz CT molecular complexity index is 710. The van der Waals surface area contributed by atoms with Gasteiger partial charge in [-0.2, -0.15) is 0 Å². The Hall–Kier alpha value is -2.02. The predicted molar refractivity (Wildman–Crippen MR) is 82.9 cm³/mol. The molecule has 0 bridgehead atoms. The van der Waals surface area contributed by atoms with Crippen molar-refractivity contribution in [2.75, 3.05) is 16.8 Å². The van der Waals surface area contributed by atoms with Crippen LogP contribution in [0.1, 0.15) is 12.8 Å². The Labute approximate surface area is 124 Å². The lowest BCUT2D eigenvalue weighted by Gasteiger charge is -2.24. The van der Waals surface area contributed by atoms with Crippen LogP contribution in [0.2, 0.25) is 0 Å². The molecule has 1 aromatic heterocycles. The van der Waals surface area contributed by atoms with E-state index in [2.05, 4.69) is 10.3 Å². The van der Waals surface area contributed by atoms with Crippen LogP contribution in [0.15, 0.2) is 30.5 Å². The first kappa shape index (κ1) is 13.9. The molecule has 6 nitrogen and oxygen atoms in total. The highest BCUT2D eigenvalue weighted by atomic mass is 32.2. The number of hydrogen-bond acceptors (Lipinski definition) is 5. The van der Waals surface area contributed by atoms with Crippen LogP contribution in [-0.4, -0.2) is 31.7 Å². The third kappa shape index (κ3) is 2.87. The molecule has 0 radical (unpaired) electrons. The minimum atomic E-state index is -0.698. The predicted octanol–water partition coefficient (Wildman–Crippen LogP) is 2.47. The number of nitrogens with zero attached hydrogens (tertiary/aromatic N) is 2. The normalized spacial score (nSPS) is 22.1. The average Bonchev–Trinajstić information content (AvgIpc) is 2.49. The molecule has 1 N–H and O–H groups in total. The third-order valence-corrected chi connectivity index (χ3v) is 5.07. The van der Waals surface area contributed by atoms with E-state index in [9.17, 15) is 14.3 Å². The summed E-state index contributed by atoms with van der Waals surface area (Å²) in [6.07, 6.45) is 3.26. The van der Waals surface area contributed by atoms with Gasteiger partial charge >= 0.3 is 0 Å². The minimum absolute atomic E-state index is 0.0147. The van der Waals surface area contributed by atoms with Gasteiger partial charge in [0.1, 0.15) is 5.52 Å². The van der Waals surface area contributed by atoms with Gasteiger partial charge in [0.15, 0.2) is 0 Å². The zero-order valence-electron chi connectivity index (χ0n) is 11.3. The Balaban J connectivity index is 1.94. The molecule has 0 aliphatic carbocycles. The fourth-order valence-electron chi connectivity index (χ4n) is 2.59. The molecule has 110 valence electrons. The average molecular weight is 305 g/mol. The molecule has 0 unspecified atom stereocenters. The van der Waals surface area contributed by atoms with Crippen LogP contribution in [0.5, 0.6) is 0 Å². The molecule has 0 saturated carbocycles. The Kier molecular flexibility index (Phi) is 3.83. The molecule has 1 fully saturated rings. The first-order valence-electron chi connectivity index (χ1n) is 6.79. The summed E-state index contributed by atoms with van der Waals surface area (Å²) in [5, 5.41) is 15.2. The summed E-state index contributed by atoms with van der Waals surface area (Å²) in [5.41, 5.74) is 1.26. The molecule has 0 spiro atoms. The summed E-state index contributed by atoms with van der Waals surface area (Å²) in [7, 11) is -0.698. The molecule has 1 aromatic carbocycles. The second kappa shape index (κ2) is 5.77. The van der Waals surface area contributed by atoms with Crippen molar-refractivity contribution in [2.24, 2.45) is 0 Å². The van der Waals surface area contributed by atoms with Gasteiger partial charge in [-0.1, -0.05) is 0 Å². The number of nitro groups is 1. The number of hydrogen-bond donors (Lipinski definition) is 1. The number of nitrogens with one attached hydrogen (secondary N) is 1. The van der Waals surface area contributed by atoms with Gasteiger partial charge in [0.2, 0.25) is 0 Å². The molecule has 1 aliphatic rings. The molecule has 3 rings (SSSR count). The number of anilines is 1. The number of pyridine rings is 1. The molecular formula is C14H15N3O3S. The van der Waals surface area contributed by atoms with Crippen molar-refractivity contribution < 1.29 is 9.13 Å². The molecule has 2 aromatic rings. The fourth-order valence-corrected chi connectivity index (χ4v) is 3.89. The summed E-state index contributed by atoms with van der Waals surface area (Å²) >= 11 is 0. The Morgan fingerprint density at radius 1 is 1.29 bits per heavy atom. The molecule has 1 aliphatic heterocycles. The van der Waals surface area contributed by atoms with Crippen molar-refractivity contribution in [3.63, 3.8) is 0 Å². The highest BCUT2D eigenvalue weighted by molar-refractivity contribution is 7.85. The van der Waals surface area contributed by atoms with Crippen molar-refractivity contribution in [1.29, 1.82) is 0 Å². The smallest absolute Gasteiger partial charge is 0.295 e. The van der Waals surface area contributed by atoms with Gasteiger partial charge in [0.25, 0.3) is 5.69 Å². The van der Waals surface area contributed by atoms with Gasteiger partial charge in [-0.25, -0.2) is 4.98 Å². The van der Waals surface area contributed by atoms with E-state index >= 15 is 0 Å². The van der Waals surface area contributed by atoms with Crippen LogP contribution in [0, 0.1) is 10.1 Å². The van der Waals surface area contributed by atoms with Gasteiger partial charge in [-0.05, 0) is 31.0 Å². The van der Waals surface area contributed by atoms with E-state index in [0.717, 1.165) is 23.9 Å². The summed E-state index contributed by atoms with van der Waals surface area (Å²) < 4.78 is 11.4. The van der Waals surface area contributed by atoms with E-state index in [-0.39, 0.29) is 11.7 Å². The van der Waals surface area contributed by atoms with E-state index in [4.69, 9.17) is 0 Å². The van der Waals surface area contributed by atoms with Crippen molar-refractivity contribution in [2.45, 2.75) is 18.9 Å². The minimum Gasteiger partial charge on any atom is -0.382 e. The summed E-state index contributed by atoms with van der Waals surface area (Å²) in [6.45, 7) is 0. The van der Waals surface area contributed by atoms with E-state index < -0.39 is 15.7 Å². The van der Waals surface area contributed by atoms with E-state index in [1.54, 1.807) is 18.3 Å². The van der Waals surface area contributed by atoms with Crippen LogP contribution in [-0.2, 0) is 10.8 Å². The summed E-state index contributed by atoms with van der Waals surface area (Å²) in [5.74, 6) is 1.42. The molecule has 21 heavy (non-hydrogen) atoms. The van der Waals surface area contributed by atoms with Gasteiger partial charge in [-0.15, -0.1) is 0 Å². The molecular weight excluding hydrogens is 290 g/mol. The molecule has 7 heteroatoms. The van der Waals surface area contributed by atoms with E-state index in [1.165, 1.54) is 6.07 Å². The topological polar surface area (TPSA) is 85.1 Å². The molecule has 0 atom stereocenters. The summed E-state index contributed by atoms with van der Waals surface area (Å²) in [6, 6.07) is 7.07. The number of fused-ring (bicyclic) bond motifs is 1. The molecule has 0 amide bonds. The van der Waals surface area contributed by atoms with Gasteiger partial charge in [-0.3, -0.25) is 14.3 Å². The van der Waals surface area contributed by atoms with Crippen LogP contribution in [0.3, 0.4) is 0 Å². The number of nitro benzene ring substituents is 1. The lowest BCUT2D eigenvalue weighted by atomic mass is 10.1. The molecule has 1 saturated heterocycles. The quantitative estimate of drug-likeness (QED) is 0.695. The van der Waals surface area contributed by atoms with Crippen LogP contribution < -0.4 is 5.32 Å². The van der Waals surface area contributed by atoms with Gasteiger partial charge in [0, 0.05) is 51.7 Å². The maximum absolute atomic E-state index is 11.4. The molecule has 2 heterocycles. The largest absolute Gasteiger partial charge is 0.382 e. The zero-order valence-corrected chi connectivity index (χ0v) is 12.1. The van der Waals surface area contributed by atoms with Crippen LogP contribution in [0.4, 0.5) is 11.4 Å². The SMILES string of the molecule is O=[N+]([O-])c1ccc(NC2CCS(=O)CC2)c2cccnc12. The van der Waals surface area contributed by atoms with Crippen molar-refractivity contribution >= 4 is 33.1 Å². The number of aromatic nitrogens is 1. The third-order valence-electron chi connectivity index (χ3n) is 3.69. The van der Waals surface area contributed by atoms with Crippen LogP contribution >= 0.6 is 0 Å². The second-order valence-corrected chi connectivity index (χ2v) is 6.75. The zero-order chi connectivity index (χ0) is 14.8. The Morgan fingerprint density at radius 2 is 2.05 bits per heavy atom. The van der Waals surface area contributed by atoms with Crippen LogP contribution in [0.25, 0.3) is 10.9 Å². The lowest BCUT2D eigenvalue weighted by molar-refractivity contribution is -0.383.